The molecule has 17 heavy (non-hydrogen) atoms. The molecular weight excluding hydrogens is 220 g/mol. The van der Waals surface area contributed by atoms with Crippen molar-refractivity contribution in [1.82, 2.24) is 10.3 Å². The van der Waals surface area contributed by atoms with Crippen LogP contribution in [0.4, 0.5) is 0 Å². The molecule has 2 rings (SSSR count). The fourth-order valence-corrected chi connectivity index (χ4v) is 1.66. The minimum Gasteiger partial charge on any atom is -0.477 e. The van der Waals surface area contributed by atoms with Gasteiger partial charge in [0, 0.05) is 12.2 Å². The van der Waals surface area contributed by atoms with Gasteiger partial charge in [-0.25, -0.2) is 9.78 Å². The number of carbonyl (C=O) groups excluding carboxylic acids is 1. The van der Waals surface area contributed by atoms with Crippen molar-refractivity contribution in [2.45, 2.75) is 25.8 Å². The molecule has 2 N–H and O–H groups in total. The van der Waals surface area contributed by atoms with Crippen LogP contribution in [0.3, 0.4) is 0 Å². The van der Waals surface area contributed by atoms with E-state index in [1.807, 2.05) is 6.92 Å². The molecule has 5 nitrogen and oxygen atoms in total. The molecular formula is C12H14N2O3. The van der Waals surface area contributed by atoms with Crippen LogP contribution in [-0.2, 0) is 0 Å². The monoisotopic (exact) mass is 234 g/mol. The van der Waals surface area contributed by atoms with Gasteiger partial charge >= 0.3 is 5.97 Å². The Morgan fingerprint density at radius 1 is 1.47 bits per heavy atom. The lowest BCUT2D eigenvalue weighted by molar-refractivity contribution is 0.0689. The SMILES string of the molecule is CC(NC(=O)c1ccc(C(=O)O)nc1)C1CC1. The summed E-state index contributed by atoms with van der Waals surface area (Å²) in [5, 5.41) is 11.6. The predicted molar refractivity (Wildman–Crippen MR) is 60.8 cm³/mol. The zero-order chi connectivity index (χ0) is 12.4. The first kappa shape index (κ1) is 11.6. The predicted octanol–water partition coefficient (Wildman–Crippen LogP) is 1.31. The molecule has 1 amide bonds. The van der Waals surface area contributed by atoms with Crippen molar-refractivity contribution >= 4 is 11.9 Å². The standard InChI is InChI=1S/C12H14N2O3/c1-7(8-2-3-8)14-11(15)9-4-5-10(12(16)17)13-6-9/h4-8H,2-3H2,1H3,(H,14,15)(H,16,17). The molecule has 1 fully saturated rings. The van der Waals surface area contributed by atoms with Crippen molar-refractivity contribution in [2.24, 2.45) is 5.92 Å². The topological polar surface area (TPSA) is 79.3 Å². The molecule has 0 aromatic carbocycles. The Bertz CT molecular complexity index is 438. The zero-order valence-electron chi connectivity index (χ0n) is 9.51. The fraction of sp³-hybridized carbons (Fsp3) is 0.417. The average Bonchev–Trinajstić information content (AvgIpc) is 3.12. The van der Waals surface area contributed by atoms with E-state index in [4.69, 9.17) is 5.11 Å². The normalized spacial score (nSPS) is 16.3. The number of pyridine rings is 1. The van der Waals surface area contributed by atoms with Gasteiger partial charge in [-0.1, -0.05) is 0 Å². The van der Waals surface area contributed by atoms with E-state index in [9.17, 15) is 9.59 Å². The minimum atomic E-state index is -1.09. The molecule has 1 saturated carbocycles. The van der Waals surface area contributed by atoms with Crippen LogP contribution in [0.5, 0.6) is 0 Å². The van der Waals surface area contributed by atoms with Crippen molar-refractivity contribution in [3.63, 3.8) is 0 Å². The summed E-state index contributed by atoms with van der Waals surface area (Å²) in [6.45, 7) is 1.98. The lowest BCUT2D eigenvalue weighted by atomic mass is 10.2. The summed E-state index contributed by atoms with van der Waals surface area (Å²) in [7, 11) is 0. The first-order valence-electron chi connectivity index (χ1n) is 5.58. The van der Waals surface area contributed by atoms with Gasteiger partial charge in [0.2, 0.25) is 0 Å². The van der Waals surface area contributed by atoms with Crippen LogP contribution in [0.1, 0.15) is 40.6 Å². The van der Waals surface area contributed by atoms with Crippen molar-refractivity contribution in [1.29, 1.82) is 0 Å². The highest BCUT2D eigenvalue weighted by molar-refractivity contribution is 5.95. The molecule has 0 spiro atoms. The van der Waals surface area contributed by atoms with E-state index < -0.39 is 5.97 Å². The number of nitrogens with zero attached hydrogens (tertiary/aromatic N) is 1. The second-order valence-corrected chi connectivity index (χ2v) is 4.34. The van der Waals surface area contributed by atoms with Gasteiger partial charge in [-0.05, 0) is 37.8 Å². The molecule has 90 valence electrons. The summed E-state index contributed by atoms with van der Waals surface area (Å²) >= 11 is 0. The molecule has 1 aliphatic rings. The number of carboxylic acids is 1. The molecule has 1 heterocycles. The van der Waals surface area contributed by atoms with Gasteiger partial charge in [-0.2, -0.15) is 0 Å². The van der Waals surface area contributed by atoms with Gasteiger partial charge in [-0.3, -0.25) is 4.79 Å². The lowest BCUT2D eigenvalue weighted by Crippen LogP contribution is -2.34. The highest BCUT2D eigenvalue weighted by Gasteiger charge is 2.29. The van der Waals surface area contributed by atoms with Crippen LogP contribution < -0.4 is 5.32 Å². The molecule has 5 heteroatoms. The summed E-state index contributed by atoms with van der Waals surface area (Å²) in [6, 6.07) is 2.98. The number of aromatic carboxylic acids is 1. The van der Waals surface area contributed by atoms with Gasteiger partial charge in [-0.15, -0.1) is 0 Å². The first-order chi connectivity index (χ1) is 8.08. The van der Waals surface area contributed by atoms with Gasteiger partial charge in [0.05, 0.1) is 5.56 Å². The maximum atomic E-state index is 11.8. The van der Waals surface area contributed by atoms with E-state index in [1.165, 1.54) is 18.3 Å². The van der Waals surface area contributed by atoms with Crippen LogP contribution in [0.15, 0.2) is 18.3 Å². The molecule has 0 radical (unpaired) electrons. The number of hydrogen-bond donors (Lipinski definition) is 2. The summed E-state index contributed by atoms with van der Waals surface area (Å²) in [5.41, 5.74) is 0.333. The lowest BCUT2D eigenvalue weighted by Gasteiger charge is -2.12. The maximum absolute atomic E-state index is 11.8. The second-order valence-electron chi connectivity index (χ2n) is 4.34. The molecule has 1 atom stereocenters. The van der Waals surface area contributed by atoms with Crippen LogP contribution in [0, 0.1) is 5.92 Å². The van der Waals surface area contributed by atoms with Crippen molar-refractivity contribution in [3.05, 3.63) is 29.6 Å². The summed E-state index contributed by atoms with van der Waals surface area (Å²) in [5.74, 6) is -0.706. The molecule has 1 aromatic heterocycles. The van der Waals surface area contributed by atoms with Crippen molar-refractivity contribution < 1.29 is 14.7 Å². The number of carbonyl (C=O) groups is 2. The van der Waals surface area contributed by atoms with E-state index in [1.54, 1.807) is 0 Å². The van der Waals surface area contributed by atoms with E-state index in [0.717, 1.165) is 12.8 Å². The zero-order valence-corrected chi connectivity index (χ0v) is 9.51. The Labute approximate surface area is 98.9 Å². The quantitative estimate of drug-likeness (QED) is 0.823. The molecule has 0 saturated heterocycles. The molecule has 1 unspecified atom stereocenters. The van der Waals surface area contributed by atoms with Crippen molar-refractivity contribution in [3.8, 4) is 0 Å². The Morgan fingerprint density at radius 2 is 2.18 bits per heavy atom. The second kappa shape index (κ2) is 4.53. The van der Waals surface area contributed by atoms with E-state index in [0.29, 0.717) is 11.5 Å². The third kappa shape index (κ3) is 2.81. The van der Waals surface area contributed by atoms with E-state index >= 15 is 0 Å². The Morgan fingerprint density at radius 3 is 2.65 bits per heavy atom. The Balaban J connectivity index is 2.00. The summed E-state index contributed by atoms with van der Waals surface area (Å²) < 4.78 is 0. The van der Waals surface area contributed by atoms with E-state index in [2.05, 4.69) is 10.3 Å². The molecule has 0 aliphatic heterocycles. The fourth-order valence-electron chi connectivity index (χ4n) is 1.66. The number of carboxylic acid groups (broad SMARTS) is 1. The largest absolute Gasteiger partial charge is 0.477 e. The highest BCUT2D eigenvalue weighted by Crippen LogP contribution is 2.32. The third-order valence-electron chi connectivity index (χ3n) is 2.93. The maximum Gasteiger partial charge on any atom is 0.354 e. The van der Waals surface area contributed by atoms with Crippen LogP contribution >= 0.6 is 0 Å². The molecule has 1 aromatic rings. The first-order valence-corrected chi connectivity index (χ1v) is 5.58. The number of rotatable bonds is 4. The number of nitrogens with one attached hydrogen (secondary N) is 1. The average molecular weight is 234 g/mol. The van der Waals surface area contributed by atoms with Gasteiger partial charge in [0.1, 0.15) is 5.69 Å². The van der Waals surface area contributed by atoms with Gasteiger partial charge in [0.25, 0.3) is 5.91 Å². The Kier molecular flexibility index (Phi) is 3.08. The highest BCUT2D eigenvalue weighted by atomic mass is 16.4. The number of hydrogen-bond acceptors (Lipinski definition) is 3. The molecule has 1 aliphatic carbocycles. The Hall–Kier alpha value is -1.91. The van der Waals surface area contributed by atoms with Crippen LogP contribution in [0.25, 0.3) is 0 Å². The summed E-state index contributed by atoms with van der Waals surface area (Å²) in [4.78, 5) is 26.1. The molecule has 0 bridgehead atoms. The van der Waals surface area contributed by atoms with Gasteiger partial charge < -0.3 is 10.4 Å². The van der Waals surface area contributed by atoms with Crippen molar-refractivity contribution in [2.75, 3.05) is 0 Å². The van der Waals surface area contributed by atoms with Crippen LogP contribution in [0.2, 0.25) is 0 Å². The van der Waals surface area contributed by atoms with Gasteiger partial charge in [0.15, 0.2) is 0 Å². The third-order valence-corrected chi connectivity index (χ3v) is 2.93. The van der Waals surface area contributed by atoms with E-state index in [-0.39, 0.29) is 17.6 Å². The van der Waals surface area contributed by atoms with Crippen LogP contribution in [-0.4, -0.2) is 28.0 Å². The minimum absolute atomic E-state index is 0.0585. The number of aromatic nitrogens is 1. The summed E-state index contributed by atoms with van der Waals surface area (Å²) in [6.07, 6.45) is 3.62. The number of amides is 1. The smallest absolute Gasteiger partial charge is 0.354 e.